The first-order chi connectivity index (χ1) is 21.8. The first-order valence-electron chi connectivity index (χ1n) is 14.3. The molecule has 2 amide bonds. The number of benzene rings is 4. The van der Waals surface area contributed by atoms with Crippen LogP contribution in [0.5, 0.6) is 17.2 Å². The number of nitrogens with one attached hydrogen (secondary N) is 1. The Labute approximate surface area is 261 Å². The van der Waals surface area contributed by atoms with Crippen LogP contribution >= 0.6 is 0 Å². The van der Waals surface area contributed by atoms with E-state index in [1.165, 1.54) is 7.11 Å². The Kier molecular flexibility index (Phi) is 9.47. The average molecular weight is 609 g/mol. The zero-order chi connectivity index (χ0) is 31.9. The van der Waals surface area contributed by atoms with Crippen LogP contribution in [0.25, 0.3) is 11.0 Å². The van der Waals surface area contributed by atoms with Gasteiger partial charge in [0.1, 0.15) is 23.9 Å². The summed E-state index contributed by atoms with van der Waals surface area (Å²) in [6.07, 6.45) is 0. The van der Waals surface area contributed by atoms with E-state index in [1.807, 2.05) is 91.8 Å². The molecule has 1 aromatic heterocycles. The van der Waals surface area contributed by atoms with Crippen LogP contribution in [-0.2, 0) is 22.7 Å². The lowest BCUT2D eigenvalue weighted by Gasteiger charge is -2.32. The molecule has 0 aliphatic heterocycles. The highest BCUT2D eigenvalue weighted by Crippen LogP contribution is 2.34. The first-order valence-corrected chi connectivity index (χ1v) is 14.3. The predicted molar refractivity (Wildman–Crippen MR) is 173 cm³/mol. The van der Waals surface area contributed by atoms with E-state index in [1.54, 1.807) is 42.0 Å². The number of hydrogen-bond acceptors (Lipinski definition) is 8. The number of rotatable bonds is 12. The minimum absolute atomic E-state index is 0.126. The maximum Gasteiger partial charge on any atom is 0.251 e. The zero-order valence-electron chi connectivity index (χ0n) is 25.9. The van der Waals surface area contributed by atoms with Crippen LogP contribution in [0.1, 0.15) is 17.2 Å². The van der Waals surface area contributed by atoms with Gasteiger partial charge in [0.05, 0.1) is 26.8 Å². The zero-order valence-corrected chi connectivity index (χ0v) is 25.9. The van der Waals surface area contributed by atoms with Crippen molar-refractivity contribution in [1.82, 2.24) is 19.9 Å². The van der Waals surface area contributed by atoms with Crippen LogP contribution in [0.2, 0.25) is 0 Å². The highest BCUT2D eigenvalue weighted by Gasteiger charge is 2.33. The van der Waals surface area contributed by atoms with Gasteiger partial charge in [-0.05, 0) is 71.8 Å². The standard InChI is InChI=1S/C34H36N6O5/c1-38(2)26-15-13-25(14-16-26)35-34(42)33(24-12-19-30(44-4)31(20-24)45-5)39(21-23-10-17-27(43-3)18-11-23)32(41)22-40-29-9-7-6-8-28(29)36-37-40/h6-20,33H,21-22H2,1-5H3,(H,35,42). The van der Waals surface area contributed by atoms with Crippen LogP contribution in [-0.4, -0.2) is 67.1 Å². The Morgan fingerprint density at radius 3 is 2.22 bits per heavy atom. The maximum atomic E-state index is 14.3. The molecule has 1 heterocycles. The summed E-state index contributed by atoms with van der Waals surface area (Å²) in [5.74, 6) is 0.884. The van der Waals surface area contributed by atoms with Gasteiger partial charge in [-0.1, -0.05) is 35.5 Å². The number of methoxy groups -OCH3 is 3. The summed E-state index contributed by atoms with van der Waals surface area (Å²) in [7, 11) is 8.55. The van der Waals surface area contributed by atoms with Gasteiger partial charge in [-0.25, -0.2) is 4.68 Å². The Bertz CT molecular complexity index is 1770. The normalized spacial score (nSPS) is 11.5. The van der Waals surface area contributed by atoms with E-state index in [-0.39, 0.29) is 19.0 Å². The lowest BCUT2D eigenvalue weighted by molar-refractivity contribution is -0.140. The fraction of sp³-hybridized carbons (Fsp3) is 0.235. The molecule has 4 aromatic carbocycles. The summed E-state index contributed by atoms with van der Waals surface area (Å²) < 4.78 is 17.9. The summed E-state index contributed by atoms with van der Waals surface area (Å²) in [4.78, 5) is 32.1. The second-order valence-corrected chi connectivity index (χ2v) is 10.6. The minimum Gasteiger partial charge on any atom is -0.497 e. The Morgan fingerprint density at radius 2 is 1.56 bits per heavy atom. The molecule has 1 atom stereocenters. The number of aromatic nitrogens is 3. The molecule has 5 rings (SSSR count). The van der Waals surface area contributed by atoms with E-state index >= 15 is 0 Å². The van der Waals surface area contributed by atoms with E-state index in [4.69, 9.17) is 14.2 Å². The van der Waals surface area contributed by atoms with Crippen LogP contribution in [0, 0.1) is 0 Å². The number of carbonyl (C=O) groups is 2. The quantitative estimate of drug-likeness (QED) is 0.212. The molecule has 0 spiro atoms. The highest BCUT2D eigenvalue weighted by molar-refractivity contribution is 5.98. The van der Waals surface area contributed by atoms with Crippen LogP contribution in [0.15, 0.2) is 91.0 Å². The molecule has 5 aromatic rings. The molecule has 11 heteroatoms. The van der Waals surface area contributed by atoms with E-state index in [0.717, 1.165) is 11.3 Å². The van der Waals surface area contributed by atoms with Gasteiger partial charge in [-0.3, -0.25) is 9.59 Å². The number of para-hydroxylation sites is 1. The third kappa shape index (κ3) is 6.98. The SMILES string of the molecule is COc1ccc(CN(C(=O)Cn2nnc3ccccc32)C(C(=O)Nc2ccc(N(C)C)cc2)c2ccc(OC)c(OC)c2)cc1. The largest absolute Gasteiger partial charge is 0.497 e. The summed E-state index contributed by atoms with van der Waals surface area (Å²) in [5, 5.41) is 11.5. The van der Waals surface area contributed by atoms with Crippen molar-refractivity contribution < 1.29 is 23.8 Å². The molecule has 0 fully saturated rings. The van der Waals surface area contributed by atoms with Crippen LogP contribution in [0.4, 0.5) is 11.4 Å². The van der Waals surface area contributed by atoms with Gasteiger partial charge in [0.25, 0.3) is 5.91 Å². The van der Waals surface area contributed by atoms with Crippen molar-refractivity contribution in [3.05, 3.63) is 102 Å². The number of ether oxygens (including phenoxy) is 3. The summed E-state index contributed by atoms with van der Waals surface area (Å²) >= 11 is 0. The molecule has 0 aliphatic rings. The minimum atomic E-state index is -1.05. The van der Waals surface area contributed by atoms with E-state index < -0.39 is 11.9 Å². The third-order valence-corrected chi connectivity index (χ3v) is 7.47. The molecule has 0 aliphatic carbocycles. The lowest BCUT2D eigenvalue weighted by Crippen LogP contribution is -2.42. The lowest BCUT2D eigenvalue weighted by atomic mass is 10.0. The molecule has 1 unspecified atom stereocenters. The van der Waals surface area contributed by atoms with E-state index in [2.05, 4.69) is 15.6 Å². The topological polar surface area (TPSA) is 111 Å². The highest BCUT2D eigenvalue weighted by atomic mass is 16.5. The van der Waals surface area contributed by atoms with Crippen molar-refractivity contribution in [2.45, 2.75) is 19.1 Å². The van der Waals surface area contributed by atoms with Crippen molar-refractivity contribution in [2.75, 3.05) is 45.6 Å². The van der Waals surface area contributed by atoms with Gasteiger partial charge in [0.2, 0.25) is 5.91 Å². The molecule has 0 saturated heterocycles. The number of carbonyl (C=O) groups excluding carboxylic acids is 2. The molecule has 0 bridgehead atoms. The molecule has 1 N–H and O–H groups in total. The van der Waals surface area contributed by atoms with Crippen molar-refractivity contribution in [3.8, 4) is 17.2 Å². The molecule has 232 valence electrons. The summed E-state index contributed by atoms with van der Waals surface area (Å²) in [5.41, 5.74) is 4.31. The average Bonchev–Trinajstić information content (AvgIpc) is 3.47. The smallest absolute Gasteiger partial charge is 0.251 e. The molecule has 45 heavy (non-hydrogen) atoms. The van der Waals surface area contributed by atoms with E-state index in [0.29, 0.717) is 39.5 Å². The second-order valence-electron chi connectivity index (χ2n) is 10.6. The van der Waals surface area contributed by atoms with Crippen molar-refractivity contribution in [1.29, 1.82) is 0 Å². The van der Waals surface area contributed by atoms with Crippen molar-refractivity contribution in [2.24, 2.45) is 0 Å². The fourth-order valence-electron chi connectivity index (χ4n) is 5.05. The van der Waals surface area contributed by atoms with Crippen LogP contribution in [0.3, 0.4) is 0 Å². The molecule has 0 radical (unpaired) electrons. The number of fused-ring (bicyclic) bond motifs is 1. The summed E-state index contributed by atoms with van der Waals surface area (Å²) in [6, 6.07) is 26.4. The molecule has 0 saturated carbocycles. The second kappa shape index (κ2) is 13.8. The Morgan fingerprint density at radius 1 is 0.844 bits per heavy atom. The van der Waals surface area contributed by atoms with Gasteiger partial charge in [-0.2, -0.15) is 0 Å². The molecular weight excluding hydrogens is 572 g/mol. The predicted octanol–water partition coefficient (Wildman–Crippen LogP) is 4.93. The number of anilines is 2. The fourth-order valence-corrected chi connectivity index (χ4v) is 5.05. The Hall–Kier alpha value is -5.58. The number of amides is 2. The monoisotopic (exact) mass is 608 g/mol. The molecule has 11 nitrogen and oxygen atoms in total. The van der Waals surface area contributed by atoms with Gasteiger partial charge >= 0.3 is 0 Å². The van der Waals surface area contributed by atoms with Gasteiger partial charge in [0, 0.05) is 32.0 Å². The molecular formula is C34H36N6O5. The maximum absolute atomic E-state index is 14.3. The van der Waals surface area contributed by atoms with Crippen molar-refractivity contribution >= 4 is 34.2 Å². The van der Waals surface area contributed by atoms with Gasteiger partial charge in [0.15, 0.2) is 11.5 Å². The van der Waals surface area contributed by atoms with Gasteiger partial charge < -0.3 is 29.3 Å². The third-order valence-electron chi connectivity index (χ3n) is 7.47. The van der Waals surface area contributed by atoms with E-state index in [9.17, 15) is 9.59 Å². The summed E-state index contributed by atoms with van der Waals surface area (Å²) in [6.45, 7) is -0.00722. The first kappa shape index (κ1) is 30.9. The Balaban J connectivity index is 1.58. The van der Waals surface area contributed by atoms with Gasteiger partial charge in [-0.15, -0.1) is 5.10 Å². The number of nitrogens with zero attached hydrogens (tertiary/aromatic N) is 5. The van der Waals surface area contributed by atoms with Crippen LogP contribution < -0.4 is 24.4 Å². The number of hydrogen-bond donors (Lipinski definition) is 1. The van der Waals surface area contributed by atoms with Crippen molar-refractivity contribution in [3.63, 3.8) is 0 Å².